The van der Waals surface area contributed by atoms with Gasteiger partial charge < -0.3 is 9.47 Å². The van der Waals surface area contributed by atoms with Crippen molar-refractivity contribution >= 4 is 31.9 Å². The van der Waals surface area contributed by atoms with E-state index >= 15 is 0 Å². The Kier molecular flexibility index (Phi) is 6.07. The van der Waals surface area contributed by atoms with Gasteiger partial charge in [-0.3, -0.25) is 4.79 Å². The lowest BCUT2D eigenvalue weighted by atomic mass is 10.2. The highest BCUT2D eigenvalue weighted by Gasteiger charge is 2.22. The number of methoxy groups -OCH3 is 1. The largest absolute Gasteiger partial charge is 0.493 e. The maximum Gasteiger partial charge on any atom is 0.265 e. The predicted octanol–water partition coefficient (Wildman–Crippen LogP) is 3.28. The van der Waals surface area contributed by atoms with E-state index in [-0.39, 0.29) is 10.5 Å². The van der Waals surface area contributed by atoms with Crippen molar-refractivity contribution in [1.29, 1.82) is 0 Å². The minimum absolute atomic E-state index is 0.0359. The van der Waals surface area contributed by atoms with Crippen LogP contribution in [-0.4, -0.2) is 28.0 Å². The summed E-state index contributed by atoms with van der Waals surface area (Å²) in [5.41, 5.74) is 0.689. The first-order valence-corrected chi connectivity index (χ1v) is 9.70. The van der Waals surface area contributed by atoms with Crippen LogP contribution in [0.4, 0.5) is 0 Å². The Morgan fingerprint density at radius 1 is 1.16 bits per heavy atom. The molecule has 0 atom stereocenters. The van der Waals surface area contributed by atoms with Gasteiger partial charge in [-0.25, -0.2) is 13.1 Å². The number of hydrogen-bond donors (Lipinski definition) is 1. The molecule has 0 aliphatic carbocycles. The molecule has 6 nitrogen and oxygen atoms in total. The Morgan fingerprint density at radius 3 is 2.52 bits per heavy atom. The number of aryl methyl sites for hydroxylation is 1. The molecule has 0 radical (unpaired) electrons. The van der Waals surface area contributed by atoms with Crippen molar-refractivity contribution in [2.24, 2.45) is 0 Å². The Morgan fingerprint density at radius 2 is 1.88 bits per heavy atom. The fraction of sp³-hybridized carbons (Fsp3) is 0.235. The lowest BCUT2D eigenvalue weighted by molar-refractivity contribution is 0.0981. The highest BCUT2D eigenvalue weighted by Crippen LogP contribution is 2.28. The molecule has 25 heavy (non-hydrogen) atoms. The number of carbonyl (C=O) groups excluding carboxylic acids is 1. The molecule has 0 bridgehead atoms. The highest BCUT2D eigenvalue weighted by atomic mass is 79.9. The van der Waals surface area contributed by atoms with Crippen LogP contribution >= 0.6 is 15.9 Å². The molecule has 0 fully saturated rings. The molecule has 0 heterocycles. The first-order chi connectivity index (χ1) is 11.8. The van der Waals surface area contributed by atoms with E-state index in [0.717, 1.165) is 0 Å². The number of carbonyl (C=O) groups is 1. The van der Waals surface area contributed by atoms with Gasteiger partial charge >= 0.3 is 0 Å². The van der Waals surface area contributed by atoms with Gasteiger partial charge in [0, 0.05) is 10.0 Å². The monoisotopic (exact) mass is 427 g/mol. The van der Waals surface area contributed by atoms with Crippen molar-refractivity contribution in [2.45, 2.75) is 18.7 Å². The van der Waals surface area contributed by atoms with Gasteiger partial charge in [0.05, 0.1) is 18.6 Å². The van der Waals surface area contributed by atoms with Crippen LogP contribution in [0.1, 0.15) is 22.8 Å². The Balaban J connectivity index is 2.32. The SMILES string of the molecule is CCOc1cc(C(=O)NS(=O)(=O)c2cc(Br)ccc2C)ccc1OC. The van der Waals surface area contributed by atoms with Crippen molar-refractivity contribution in [3.63, 3.8) is 0 Å². The van der Waals surface area contributed by atoms with Crippen LogP contribution in [-0.2, 0) is 10.0 Å². The van der Waals surface area contributed by atoms with Gasteiger partial charge in [-0.15, -0.1) is 0 Å². The van der Waals surface area contributed by atoms with Crippen LogP contribution in [0.2, 0.25) is 0 Å². The zero-order valence-corrected chi connectivity index (χ0v) is 16.4. The van der Waals surface area contributed by atoms with Gasteiger partial charge in [0.1, 0.15) is 0 Å². The summed E-state index contributed by atoms with van der Waals surface area (Å²) in [4.78, 5) is 12.4. The summed E-state index contributed by atoms with van der Waals surface area (Å²) in [6.45, 7) is 3.84. The molecule has 1 N–H and O–H groups in total. The molecule has 0 spiro atoms. The van der Waals surface area contributed by atoms with Gasteiger partial charge in [0.25, 0.3) is 15.9 Å². The van der Waals surface area contributed by atoms with E-state index in [1.54, 1.807) is 32.0 Å². The van der Waals surface area contributed by atoms with E-state index in [9.17, 15) is 13.2 Å². The first-order valence-electron chi connectivity index (χ1n) is 7.42. The smallest absolute Gasteiger partial charge is 0.265 e. The summed E-state index contributed by atoms with van der Waals surface area (Å²) in [5.74, 6) is 0.0840. The summed E-state index contributed by atoms with van der Waals surface area (Å²) in [7, 11) is -2.52. The first kappa shape index (κ1) is 19.3. The summed E-state index contributed by atoms with van der Waals surface area (Å²) in [6.07, 6.45) is 0. The molecule has 2 aromatic carbocycles. The standard InChI is InChI=1S/C17H18BrNO5S/c1-4-24-15-9-12(6-8-14(15)23-3)17(20)19-25(21,22)16-10-13(18)7-5-11(16)2/h5-10H,4H2,1-3H3,(H,19,20). The number of halogens is 1. The predicted molar refractivity (Wildman–Crippen MR) is 97.7 cm³/mol. The molecule has 2 aromatic rings. The fourth-order valence-electron chi connectivity index (χ4n) is 2.19. The normalized spacial score (nSPS) is 11.0. The third-order valence-electron chi connectivity index (χ3n) is 3.39. The van der Waals surface area contributed by atoms with Gasteiger partial charge in [-0.1, -0.05) is 22.0 Å². The Hall–Kier alpha value is -2.06. The molecule has 8 heteroatoms. The van der Waals surface area contributed by atoms with E-state index in [1.807, 2.05) is 0 Å². The fourth-order valence-corrected chi connectivity index (χ4v) is 3.94. The van der Waals surface area contributed by atoms with E-state index in [1.165, 1.54) is 25.3 Å². The van der Waals surface area contributed by atoms with Crippen molar-refractivity contribution in [3.05, 3.63) is 52.0 Å². The number of sulfonamides is 1. The third kappa shape index (κ3) is 4.52. The number of benzene rings is 2. The molecule has 2 rings (SSSR count). The summed E-state index contributed by atoms with van der Waals surface area (Å²) in [5, 5.41) is 0. The van der Waals surface area contributed by atoms with Gasteiger partial charge in [0.2, 0.25) is 0 Å². The van der Waals surface area contributed by atoms with Crippen molar-refractivity contribution < 1.29 is 22.7 Å². The van der Waals surface area contributed by atoms with Crippen molar-refractivity contribution in [1.82, 2.24) is 4.72 Å². The van der Waals surface area contributed by atoms with Gasteiger partial charge in [-0.05, 0) is 49.7 Å². The zero-order chi connectivity index (χ0) is 18.6. The number of rotatable bonds is 6. The number of ether oxygens (including phenoxy) is 2. The second-order valence-corrected chi connectivity index (χ2v) is 7.71. The van der Waals surface area contributed by atoms with Crippen LogP contribution in [0.3, 0.4) is 0 Å². The molecule has 134 valence electrons. The van der Waals surface area contributed by atoms with E-state index in [4.69, 9.17) is 9.47 Å². The topological polar surface area (TPSA) is 81.7 Å². The van der Waals surface area contributed by atoms with Crippen LogP contribution in [0.15, 0.2) is 45.8 Å². The Bertz CT molecular complexity index is 896. The molecular formula is C17H18BrNO5S. The molecular weight excluding hydrogens is 410 g/mol. The Labute approximate surface area is 155 Å². The summed E-state index contributed by atoms with van der Waals surface area (Å²) >= 11 is 3.24. The van der Waals surface area contributed by atoms with E-state index in [0.29, 0.717) is 28.1 Å². The van der Waals surface area contributed by atoms with E-state index in [2.05, 4.69) is 20.7 Å². The average Bonchev–Trinajstić information content (AvgIpc) is 2.56. The van der Waals surface area contributed by atoms with Crippen LogP contribution in [0.5, 0.6) is 11.5 Å². The van der Waals surface area contributed by atoms with Gasteiger partial charge in [-0.2, -0.15) is 0 Å². The van der Waals surface area contributed by atoms with E-state index < -0.39 is 15.9 Å². The molecule has 0 aromatic heterocycles. The number of hydrogen-bond acceptors (Lipinski definition) is 5. The molecule has 0 unspecified atom stereocenters. The van der Waals surface area contributed by atoms with Crippen molar-refractivity contribution in [3.8, 4) is 11.5 Å². The second kappa shape index (κ2) is 7.88. The highest BCUT2D eigenvalue weighted by molar-refractivity contribution is 9.10. The van der Waals surface area contributed by atoms with Crippen LogP contribution in [0, 0.1) is 6.92 Å². The minimum atomic E-state index is -4.00. The molecule has 0 saturated heterocycles. The lowest BCUT2D eigenvalue weighted by Gasteiger charge is -2.12. The maximum atomic E-state index is 12.5. The summed E-state index contributed by atoms with van der Waals surface area (Å²) < 4.78 is 38.3. The summed E-state index contributed by atoms with van der Waals surface area (Å²) in [6, 6.07) is 9.31. The zero-order valence-electron chi connectivity index (χ0n) is 14.0. The average molecular weight is 428 g/mol. The molecule has 0 aliphatic rings. The van der Waals surface area contributed by atoms with Crippen LogP contribution in [0.25, 0.3) is 0 Å². The third-order valence-corrected chi connectivity index (χ3v) is 5.36. The van der Waals surface area contributed by atoms with Crippen LogP contribution < -0.4 is 14.2 Å². The molecule has 0 aliphatic heterocycles. The lowest BCUT2D eigenvalue weighted by Crippen LogP contribution is -2.31. The maximum absolute atomic E-state index is 12.5. The quantitative estimate of drug-likeness (QED) is 0.764. The number of amides is 1. The number of nitrogens with one attached hydrogen (secondary N) is 1. The molecule has 0 saturated carbocycles. The van der Waals surface area contributed by atoms with Crippen molar-refractivity contribution in [2.75, 3.05) is 13.7 Å². The minimum Gasteiger partial charge on any atom is -0.493 e. The second-order valence-electron chi connectivity index (χ2n) is 5.14. The van der Waals surface area contributed by atoms with Gasteiger partial charge in [0.15, 0.2) is 11.5 Å². The molecule has 1 amide bonds.